The molecular weight excluding hydrogens is 280 g/mol. The number of aromatic nitrogens is 2. The highest BCUT2D eigenvalue weighted by molar-refractivity contribution is 5.92. The number of rotatable bonds is 4. The van der Waals surface area contributed by atoms with E-state index in [0.717, 1.165) is 17.0 Å². The van der Waals surface area contributed by atoms with Crippen LogP contribution in [0.1, 0.15) is 21.7 Å². The number of aryl methyl sites for hydroxylation is 1. The normalized spacial score (nSPS) is 10.6. The van der Waals surface area contributed by atoms with E-state index in [-0.39, 0.29) is 6.61 Å². The average molecular weight is 296 g/mol. The first-order valence-corrected chi connectivity index (χ1v) is 6.93. The number of nitrogens with zero attached hydrogens (tertiary/aromatic N) is 2. The molecule has 2 aromatic heterocycles. The number of pyridine rings is 1. The molecule has 5 heteroatoms. The highest BCUT2D eigenvalue weighted by Gasteiger charge is 2.15. The number of imidazole rings is 1. The quantitative estimate of drug-likeness (QED) is 0.694. The van der Waals surface area contributed by atoms with E-state index in [4.69, 9.17) is 9.47 Å². The fourth-order valence-electron chi connectivity index (χ4n) is 2.36. The number of fused-ring (bicyclic) bond motifs is 1. The largest absolute Gasteiger partial charge is 0.496 e. The molecule has 22 heavy (non-hydrogen) atoms. The van der Waals surface area contributed by atoms with Crippen molar-refractivity contribution >= 4 is 11.6 Å². The van der Waals surface area contributed by atoms with Crippen molar-refractivity contribution in [2.24, 2.45) is 0 Å². The predicted molar refractivity (Wildman–Crippen MR) is 82.0 cm³/mol. The second-order valence-corrected chi connectivity index (χ2v) is 4.85. The lowest BCUT2D eigenvalue weighted by Gasteiger charge is -2.09. The lowest BCUT2D eigenvalue weighted by Crippen LogP contribution is -2.08. The van der Waals surface area contributed by atoms with E-state index in [2.05, 4.69) is 4.98 Å². The highest BCUT2D eigenvalue weighted by Crippen LogP contribution is 2.19. The van der Waals surface area contributed by atoms with Crippen LogP contribution in [0.5, 0.6) is 5.75 Å². The molecule has 0 saturated heterocycles. The van der Waals surface area contributed by atoms with Crippen LogP contribution in [-0.4, -0.2) is 22.5 Å². The molecule has 0 aliphatic rings. The third-order valence-electron chi connectivity index (χ3n) is 3.50. The van der Waals surface area contributed by atoms with Gasteiger partial charge in [0.05, 0.1) is 18.5 Å². The molecule has 3 aromatic rings. The molecule has 0 radical (unpaired) electrons. The molecule has 0 aliphatic heterocycles. The smallest absolute Gasteiger partial charge is 0.342 e. The summed E-state index contributed by atoms with van der Waals surface area (Å²) < 4.78 is 12.5. The molecule has 0 atom stereocenters. The Bertz CT molecular complexity index is 824. The zero-order valence-electron chi connectivity index (χ0n) is 12.4. The number of esters is 1. The summed E-state index contributed by atoms with van der Waals surface area (Å²) >= 11 is 0. The number of carbonyl (C=O) groups is 1. The van der Waals surface area contributed by atoms with Gasteiger partial charge in [-0.3, -0.25) is 0 Å². The molecule has 112 valence electrons. The topological polar surface area (TPSA) is 52.8 Å². The molecular formula is C17H16N2O3. The minimum atomic E-state index is -0.414. The molecule has 0 saturated carbocycles. The van der Waals surface area contributed by atoms with Crippen molar-refractivity contribution in [2.45, 2.75) is 13.5 Å². The third-order valence-corrected chi connectivity index (χ3v) is 3.50. The first-order valence-electron chi connectivity index (χ1n) is 6.93. The highest BCUT2D eigenvalue weighted by atomic mass is 16.5. The molecule has 0 aliphatic carbocycles. The van der Waals surface area contributed by atoms with Crippen LogP contribution in [-0.2, 0) is 11.3 Å². The van der Waals surface area contributed by atoms with Gasteiger partial charge in [-0.25, -0.2) is 9.78 Å². The molecule has 5 nitrogen and oxygen atoms in total. The van der Waals surface area contributed by atoms with Gasteiger partial charge < -0.3 is 13.9 Å². The van der Waals surface area contributed by atoms with Crippen LogP contribution < -0.4 is 4.74 Å². The van der Waals surface area contributed by atoms with Crippen LogP contribution in [0.2, 0.25) is 0 Å². The number of methoxy groups -OCH3 is 1. The van der Waals surface area contributed by atoms with Gasteiger partial charge in [0.2, 0.25) is 0 Å². The van der Waals surface area contributed by atoms with Crippen LogP contribution in [0.25, 0.3) is 5.65 Å². The van der Waals surface area contributed by atoms with E-state index in [0.29, 0.717) is 11.3 Å². The average Bonchev–Trinajstić information content (AvgIpc) is 2.87. The first-order chi connectivity index (χ1) is 10.7. The fraction of sp³-hybridized carbons (Fsp3) is 0.176. The zero-order valence-corrected chi connectivity index (χ0v) is 12.4. The Morgan fingerprint density at radius 1 is 1.18 bits per heavy atom. The first kappa shape index (κ1) is 14.1. The van der Waals surface area contributed by atoms with Crippen LogP contribution in [0.4, 0.5) is 0 Å². The number of benzene rings is 1. The van der Waals surface area contributed by atoms with Crippen LogP contribution >= 0.6 is 0 Å². The van der Waals surface area contributed by atoms with Crippen molar-refractivity contribution in [1.29, 1.82) is 0 Å². The summed E-state index contributed by atoms with van der Waals surface area (Å²) in [5, 5.41) is 0. The predicted octanol–water partition coefficient (Wildman–Crippen LogP) is 3.01. The van der Waals surface area contributed by atoms with Gasteiger partial charge in [0.15, 0.2) is 0 Å². The molecule has 0 fully saturated rings. The van der Waals surface area contributed by atoms with Crippen molar-refractivity contribution in [1.82, 2.24) is 9.38 Å². The monoisotopic (exact) mass is 296 g/mol. The van der Waals surface area contributed by atoms with E-state index < -0.39 is 5.97 Å². The molecule has 0 N–H and O–H groups in total. The molecule has 0 bridgehead atoms. The van der Waals surface area contributed by atoms with Gasteiger partial charge in [-0.2, -0.15) is 0 Å². The van der Waals surface area contributed by atoms with Gasteiger partial charge in [0.25, 0.3) is 0 Å². The minimum Gasteiger partial charge on any atom is -0.496 e. The van der Waals surface area contributed by atoms with Gasteiger partial charge in [-0.05, 0) is 31.2 Å². The molecule has 2 heterocycles. The van der Waals surface area contributed by atoms with Crippen LogP contribution in [0, 0.1) is 6.92 Å². The maximum Gasteiger partial charge on any atom is 0.342 e. The minimum absolute atomic E-state index is 0.161. The molecule has 0 amide bonds. The van der Waals surface area contributed by atoms with E-state index in [1.165, 1.54) is 7.11 Å². The van der Waals surface area contributed by atoms with Crippen molar-refractivity contribution < 1.29 is 14.3 Å². The van der Waals surface area contributed by atoms with Crippen molar-refractivity contribution in [3.8, 4) is 5.75 Å². The number of hydrogen-bond donors (Lipinski definition) is 0. The van der Waals surface area contributed by atoms with Crippen molar-refractivity contribution in [3.05, 3.63) is 65.6 Å². The number of carbonyl (C=O) groups excluding carboxylic acids is 1. The summed E-state index contributed by atoms with van der Waals surface area (Å²) in [6.45, 7) is 2.06. The Morgan fingerprint density at radius 2 is 1.95 bits per heavy atom. The summed E-state index contributed by atoms with van der Waals surface area (Å²) in [4.78, 5) is 16.7. The summed E-state index contributed by atoms with van der Waals surface area (Å²) in [6.07, 6.45) is 1.90. The number of para-hydroxylation sites is 1. The van der Waals surface area contributed by atoms with E-state index >= 15 is 0 Å². The second kappa shape index (κ2) is 5.89. The van der Waals surface area contributed by atoms with Crippen molar-refractivity contribution in [3.63, 3.8) is 0 Å². The molecule has 3 rings (SSSR count). The van der Waals surface area contributed by atoms with Gasteiger partial charge >= 0.3 is 5.97 Å². The number of hydrogen-bond acceptors (Lipinski definition) is 4. The number of ether oxygens (including phenoxy) is 2. The lowest BCUT2D eigenvalue weighted by atomic mass is 10.2. The Morgan fingerprint density at radius 3 is 2.77 bits per heavy atom. The van der Waals surface area contributed by atoms with E-state index in [1.807, 2.05) is 41.8 Å². The second-order valence-electron chi connectivity index (χ2n) is 4.85. The Hall–Kier alpha value is -2.82. The van der Waals surface area contributed by atoms with Gasteiger partial charge in [-0.1, -0.05) is 18.2 Å². The van der Waals surface area contributed by atoms with Crippen molar-refractivity contribution in [2.75, 3.05) is 7.11 Å². The molecule has 0 unspecified atom stereocenters. The molecule has 0 spiro atoms. The Kier molecular flexibility index (Phi) is 3.78. The van der Waals surface area contributed by atoms with E-state index in [9.17, 15) is 4.79 Å². The van der Waals surface area contributed by atoms with Gasteiger partial charge in [-0.15, -0.1) is 0 Å². The molecule has 1 aromatic carbocycles. The SMILES string of the molecule is COc1ccccc1C(=O)OCc1c(C)nc2ccccn12. The van der Waals surface area contributed by atoms with Gasteiger partial charge in [0, 0.05) is 6.20 Å². The summed E-state index contributed by atoms with van der Waals surface area (Å²) in [7, 11) is 1.53. The Labute approximate surface area is 128 Å². The standard InChI is InChI=1S/C17H16N2O3/c1-12-14(19-10-6-5-9-16(19)18-12)11-22-17(20)13-7-3-4-8-15(13)21-2/h3-10H,11H2,1-2H3. The summed E-state index contributed by atoms with van der Waals surface area (Å²) in [5.41, 5.74) is 2.96. The van der Waals surface area contributed by atoms with Crippen LogP contribution in [0.15, 0.2) is 48.7 Å². The van der Waals surface area contributed by atoms with Gasteiger partial charge in [0.1, 0.15) is 23.6 Å². The lowest BCUT2D eigenvalue weighted by molar-refractivity contribution is 0.0462. The maximum absolute atomic E-state index is 12.2. The maximum atomic E-state index is 12.2. The summed E-state index contributed by atoms with van der Waals surface area (Å²) in [6, 6.07) is 12.8. The summed E-state index contributed by atoms with van der Waals surface area (Å²) in [5.74, 6) is 0.0881. The van der Waals surface area contributed by atoms with Crippen LogP contribution in [0.3, 0.4) is 0 Å². The zero-order chi connectivity index (χ0) is 15.5. The van der Waals surface area contributed by atoms with E-state index in [1.54, 1.807) is 18.2 Å². The Balaban J connectivity index is 1.82. The third kappa shape index (κ3) is 2.53. The fourth-order valence-corrected chi connectivity index (χ4v) is 2.36.